The Labute approximate surface area is 353 Å². The normalized spacial score (nSPS) is 14.7. The molecule has 8 rings (SSSR count). The van der Waals surface area contributed by atoms with Crippen molar-refractivity contribution in [2.75, 3.05) is 0 Å². The monoisotopic (exact) mass is 945 g/mol. The van der Waals surface area contributed by atoms with Crippen LogP contribution in [0.4, 0.5) is 0 Å². The van der Waals surface area contributed by atoms with E-state index in [2.05, 4.69) is 199 Å². The summed E-state index contributed by atoms with van der Waals surface area (Å²) < 4.78 is 3.83. The van der Waals surface area contributed by atoms with Crippen LogP contribution in [0, 0.1) is 16.2 Å². The van der Waals surface area contributed by atoms with Gasteiger partial charge in [0.2, 0.25) is 0 Å². The Balaban J connectivity index is 1.27. The van der Waals surface area contributed by atoms with Crippen LogP contribution in [-0.2, 0) is 25.0 Å². The van der Waals surface area contributed by atoms with E-state index in [1.807, 2.05) is 14.0 Å². The van der Waals surface area contributed by atoms with Crippen molar-refractivity contribution in [1.29, 1.82) is 0 Å². The van der Waals surface area contributed by atoms with Crippen LogP contribution >= 0.6 is 7.26 Å². The van der Waals surface area contributed by atoms with Gasteiger partial charge >= 0.3 is 278 Å². The molecule has 0 radical (unpaired) electrons. The molecule has 5 heteroatoms. The third-order valence-electron chi connectivity index (χ3n) is 10.8. The maximum atomic E-state index is 4.84. The van der Waals surface area contributed by atoms with Gasteiger partial charge in [-0.15, -0.1) is 0 Å². The summed E-state index contributed by atoms with van der Waals surface area (Å²) in [7, 11) is -0.551. The van der Waals surface area contributed by atoms with Crippen molar-refractivity contribution < 1.29 is 17.9 Å². The van der Waals surface area contributed by atoms with Gasteiger partial charge in [0, 0.05) is 12.6 Å². The molecule has 0 saturated heterocycles. The maximum absolute atomic E-state index is 4.84. The number of hydrogen-bond acceptors (Lipinski definition) is 2. The van der Waals surface area contributed by atoms with Crippen molar-refractivity contribution in [1.82, 2.24) is 15.0 Å². The number of benzene rings is 6. The summed E-state index contributed by atoms with van der Waals surface area (Å²) in [5, 5.41) is 14.7. The molecule has 0 unspecified atom stereocenters. The molecule has 0 N–H and O–H groups in total. The summed E-state index contributed by atoms with van der Waals surface area (Å²) in [6.07, 6.45) is 12.1. The van der Waals surface area contributed by atoms with Gasteiger partial charge in [0.05, 0.1) is 0 Å². The molecule has 1 saturated carbocycles. The predicted molar refractivity (Wildman–Crippen MR) is 243 cm³/mol. The van der Waals surface area contributed by atoms with Crippen LogP contribution in [0.2, 0.25) is 0 Å². The van der Waals surface area contributed by atoms with Crippen molar-refractivity contribution in [3.63, 3.8) is 0 Å². The minimum absolute atomic E-state index is 0.882. The Morgan fingerprint density at radius 1 is 0.638 bits per heavy atom. The molecule has 0 amide bonds. The third kappa shape index (κ3) is 7.71. The molecule has 0 bridgehead atoms. The molecular weight excluding hydrogens is 900 g/mol. The number of aryl methyl sites for hydroxylation is 1. The molecule has 1 aromatic heterocycles. The van der Waals surface area contributed by atoms with Crippen LogP contribution < -0.4 is 15.9 Å². The molecule has 283 valence electrons. The van der Waals surface area contributed by atoms with Crippen molar-refractivity contribution in [2.24, 2.45) is 7.05 Å². The fourth-order valence-corrected chi connectivity index (χ4v) is 13.8. The van der Waals surface area contributed by atoms with Crippen molar-refractivity contribution >= 4 is 40.3 Å². The molecular formula is C53H44N3OsP+. The standard InChI is InChI=1S/C53H44N3P.Os/c1-5-17-40-26-31-43(32-27-40)50-36-37-51(53-52(50)54-56(4)55-53)44-33-28-41(29-34-44)30-35-45(38-46-19-16-18-42(46)6-2)39(3)57(47-20-10-7-11-21-47,48-22-12-8-13-23-48)49-24-14-9-15-25-49;/h5-15,17,20-29,31-34,36-38H,16,18-19H2,1-2,4H3;/q+1;/b17-5+,42-6?,45-39?,46-38?;. The average molecular weight is 944 g/mol. The van der Waals surface area contributed by atoms with Crippen LogP contribution in [0.1, 0.15) is 44.2 Å². The topological polar surface area (TPSA) is 30.7 Å². The molecule has 1 heterocycles. The fraction of sp³-hybridized carbons (Fsp3) is 0.113. The van der Waals surface area contributed by atoms with E-state index in [0.717, 1.165) is 69.0 Å². The second kappa shape index (κ2) is 17.7. The second-order valence-corrected chi connectivity index (χ2v) is 18.3. The average Bonchev–Trinajstić information content (AvgIpc) is 3.91. The van der Waals surface area contributed by atoms with Gasteiger partial charge in [0.15, 0.2) is 0 Å². The van der Waals surface area contributed by atoms with E-state index in [1.165, 1.54) is 32.6 Å². The van der Waals surface area contributed by atoms with Crippen LogP contribution in [0.15, 0.2) is 192 Å². The van der Waals surface area contributed by atoms with E-state index in [-0.39, 0.29) is 0 Å². The molecule has 0 spiro atoms. The van der Waals surface area contributed by atoms with E-state index in [4.69, 9.17) is 10.2 Å². The Kier molecular flexibility index (Phi) is 11.9. The summed E-state index contributed by atoms with van der Waals surface area (Å²) in [5.74, 6) is 7.40. The molecule has 1 fully saturated rings. The molecule has 1 aliphatic carbocycles. The van der Waals surface area contributed by atoms with Crippen LogP contribution in [-0.4, -0.2) is 15.0 Å². The second-order valence-electron chi connectivity index (χ2n) is 14.4. The van der Waals surface area contributed by atoms with Gasteiger partial charge in [-0.05, 0) is 18.1 Å². The summed E-state index contributed by atoms with van der Waals surface area (Å²) in [4.78, 5) is 1.67. The first-order chi connectivity index (χ1) is 28.5. The van der Waals surface area contributed by atoms with Gasteiger partial charge in [-0.25, -0.2) is 0 Å². The molecule has 0 aliphatic heterocycles. The number of nitrogens with zero attached hydrogens (tertiary/aromatic N) is 3. The van der Waals surface area contributed by atoms with Gasteiger partial charge < -0.3 is 0 Å². The van der Waals surface area contributed by atoms with Crippen LogP contribution in [0.25, 0.3) is 39.4 Å². The van der Waals surface area contributed by atoms with E-state index in [1.54, 1.807) is 22.7 Å². The molecule has 58 heavy (non-hydrogen) atoms. The molecule has 0 atom stereocenters. The van der Waals surface area contributed by atoms with Gasteiger partial charge in [-0.2, -0.15) is 9.90 Å². The van der Waals surface area contributed by atoms with Crippen molar-refractivity contribution in [2.45, 2.75) is 33.1 Å². The Morgan fingerprint density at radius 2 is 1.14 bits per heavy atom. The number of aromatic nitrogens is 3. The van der Waals surface area contributed by atoms with E-state index in [0.29, 0.717) is 0 Å². The van der Waals surface area contributed by atoms with Gasteiger partial charge in [0.1, 0.15) is 0 Å². The number of fused-ring (bicyclic) bond motifs is 1. The SMILES string of the molecule is CC=C1CCCC1=CC(C#Cc1ccc(-c2ccc(-c3ccc(/C=C/C)cc3)c3nn(C)nc23)cc1)=C([C]#[Os])[P+](c1ccccc1)(c1ccccc1)c1ccccc1. The number of allylic oxidation sites excluding steroid dienone is 7. The first-order valence-electron chi connectivity index (χ1n) is 19.8. The first-order valence-corrected chi connectivity index (χ1v) is 22.8. The summed E-state index contributed by atoms with van der Waals surface area (Å²) in [6.45, 7) is 4.19. The van der Waals surface area contributed by atoms with Gasteiger partial charge in [-0.1, -0.05) is 36.4 Å². The van der Waals surface area contributed by atoms with Crippen LogP contribution in [0.3, 0.4) is 0 Å². The summed E-state index contributed by atoms with van der Waals surface area (Å²) in [5.41, 5.74) is 12.0. The van der Waals surface area contributed by atoms with Gasteiger partial charge in [0.25, 0.3) is 0 Å². The minimum atomic E-state index is -2.44. The van der Waals surface area contributed by atoms with E-state index in [9.17, 15) is 0 Å². The first kappa shape index (κ1) is 38.9. The van der Waals surface area contributed by atoms with Crippen LogP contribution in [0.5, 0.6) is 0 Å². The fourth-order valence-electron chi connectivity index (χ4n) is 8.10. The summed E-state index contributed by atoms with van der Waals surface area (Å²) in [6, 6.07) is 54.5. The predicted octanol–water partition coefficient (Wildman–Crippen LogP) is 11.5. The number of rotatable bonds is 8. The summed E-state index contributed by atoms with van der Waals surface area (Å²) >= 11 is 1.80. The zero-order valence-electron chi connectivity index (χ0n) is 33.0. The van der Waals surface area contributed by atoms with E-state index < -0.39 is 7.26 Å². The molecule has 6 aromatic carbocycles. The zero-order chi connectivity index (χ0) is 39.9. The molecule has 1 aliphatic rings. The quantitative estimate of drug-likeness (QED) is 0.112. The Morgan fingerprint density at radius 3 is 1.62 bits per heavy atom. The molecule has 7 aromatic rings. The zero-order valence-corrected chi connectivity index (χ0v) is 36.4. The van der Waals surface area contributed by atoms with Crippen molar-refractivity contribution in [3.8, 4) is 38.5 Å². The Bertz CT molecular complexity index is 2710. The number of hydrogen-bond donors (Lipinski definition) is 0. The van der Waals surface area contributed by atoms with Gasteiger partial charge in [-0.3, -0.25) is 0 Å². The Hall–Kier alpha value is -5.91. The van der Waals surface area contributed by atoms with E-state index >= 15 is 0 Å². The van der Waals surface area contributed by atoms with Crippen molar-refractivity contribution in [3.05, 3.63) is 203 Å². The molecule has 3 nitrogen and oxygen atoms in total. The third-order valence-corrected chi connectivity index (χ3v) is 16.2.